The summed E-state index contributed by atoms with van der Waals surface area (Å²) >= 11 is 7.78. The van der Waals surface area contributed by atoms with Gasteiger partial charge in [-0.25, -0.2) is 4.98 Å². The average molecular weight is 353 g/mol. The minimum absolute atomic E-state index is 0.323. The van der Waals surface area contributed by atoms with Crippen molar-refractivity contribution in [2.45, 2.75) is 19.6 Å². The highest BCUT2D eigenvalue weighted by molar-refractivity contribution is 7.09. The second-order valence-corrected chi connectivity index (χ2v) is 6.78. The lowest BCUT2D eigenvalue weighted by molar-refractivity contribution is 0.178. The van der Waals surface area contributed by atoms with Gasteiger partial charge in [-0.15, -0.1) is 0 Å². The standard InChI is InChI=1S/C16H21ClN4OS/c1-12(13-5-3-4-6-14(13)17)20-7-9-21(10-8-20)16-18-15(11-22-2)19-23-16/h3-6,12H,7-11H2,1-2H3. The molecule has 5 nitrogen and oxygen atoms in total. The quantitative estimate of drug-likeness (QED) is 0.826. The Morgan fingerprint density at radius 3 is 2.70 bits per heavy atom. The molecule has 0 aliphatic carbocycles. The molecule has 7 heteroatoms. The number of halogens is 1. The summed E-state index contributed by atoms with van der Waals surface area (Å²) in [4.78, 5) is 9.30. The van der Waals surface area contributed by atoms with Gasteiger partial charge < -0.3 is 9.64 Å². The van der Waals surface area contributed by atoms with Crippen LogP contribution in [-0.4, -0.2) is 47.5 Å². The van der Waals surface area contributed by atoms with Crippen LogP contribution in [0.25, 0.3) is 0 Å². The molecule has 1 fully saturated rings. The molecule has 0 bridgehead atoms. The molecule has 23 heavy (non-hydrogen) atoms. The first-order chi connectivity index (χ1) is 11.2. The van der Waals surface area contributed by atoms with Gasteiger partial charge in [-0.05, 0) is 18.6 Å². The molecule has 1 atom stereocenters. The largest absolute Gasteiger partial charge is 0.377 e. The van der Waals surface area contributed by atoms with Gasteiger partial charge in [0.2, 0.25) is 5.13 Å². The third-order valence-corrected chi connectivity index (χ3v) is 5.38. The Kier molecular flexibility index (Phi) is 5.48. The van der Waals surface area contributed by atoms with E-state index in [9.17, 15) is 0 Å². The summed E-state index contributed by atoms with van der Waals surface area (Å²) in [6, 6.07) is 8.42. The second-order valence-electron chi connectivity index (χ2n) is 5.65. The fourth-order valence-electron chi connectivity index (χ4n) is 2.87. The zero-order valence-corrected chi connectivity index (χ0v) is 15.0. The van der Waals surface area contributed by atoms with E-state index in [1.54, 1.807) is 7.11 Å². The number of rotatable bonds is 5. The van der Waals surface area contributed by atoms with Gasteiger partial charge in [-0.1, -0.05) is 29.8 Å². The van der Waals surface area contributed by atoms with Gasteiger partial charge in [-0.2, -0.15) is 4.37 Å². The van der Waals surface area contributed by atoms with Crippen LogP contribution in [0.4, 0.5) is 5.13 Å². The van der Waals surface area contributed by atoms with Gasteiger partial charge in [0.1, 0.15) is 6.61 Å². The molecule has 2 heterocycles. The first-order valence-electron chi connectivity index (χ1n) is 7.74. The number of benzene rings is 1. The Balaban J connectivity index is 1.60. The predicted octanol–water partition coefficient (Wildman–Crippen LogP) is 3.22. The lowest BCUT2D eigenvalue weighted by atomic mass is 10.1. The van der Waals surface area contributed by atoms with E-state index < -0.39 is 0 Å². The highest BCUT2D eigenvalue weighted by Crippen LogP contribution is 2.29. The monoisotopic (exact) mass is 352 g/mol. The summed E-state index contributed by atoms with van der Waals surface area (Å²) in [6.07, 6.45) is 0. The molecule has 0 radical (unpaired) electrons. The van der Waals surface area contributed by atoms with Crippen molar-refractivity contribution in [2.75, 3.05) is 38.2 Å². The first-order valence-corrected chi connectivity index (χ1v) is 8.89. The van der Waals surface area contributed by atoms with Crippen LogP contribution in [0, 0.1) is 0 Å². The number of hydrogen-bond donors (Lipinski definition) is 0. The van der Waals surface area contributed by atoms with Crippen molar-refractivity contribution in [1.29, 1.82) is 0 Å². The molecule has 124 valence electrons. The summed E-state index contributed by atoms with van der Waals surface area (Å²) < 4.78 is 9.41. The van der Waals surface area contributed by atoms with E-state index in [1.807, 2.05) is 18.2 Å². The molecule has 0 amide bonds. The summed E-state index contributed by atoms with van der Waals surface area (Å²) in [5, 5.41) is 1.83. The van der Waals surface area contributed by atoms with E-state index in [2.05, 4.69) is 32.1 Å². The fraction of sp³-hybridized carbons (Fsp3) is 0.500. The summed E-state index contributed by atoms with van der Waals surface area (Å²) in [5.41, 5.74) is 1.20. The van der Waals surface area contributed by atoms with Gasteiger partial charge in [-0.3, -0.25) is 4.90 Å². The van der Waals surface area contributed by atoms with Gasteiger partial charge in [0.15, 0.2) is 5.82 Å². The number of anilines is 1. The summed E-state index contributed by atoms with van der Waals surface area (Å²) in [7, 11) is 1.66. The van der Waals surface area contributed by atoms with Gasteiger partial charge >= 0.3 is 0 Å². The lowest BCUT2D eigenvalue weighted by Crippen LogP contribution is -2.47. The number of hydrogen-bond acceptors (Lipinski definition) is 6. The molecular weight excluding hydrogens is 332 g/mol. The van der Waals surface area contributed by atoms with Crippen LogP contribution in [0.2, 0.25) is 5.02 Å². The van der Waals surface area contributed by atoms with Crippen molar-refractivity contribution in [2.24, 2.45) is 0 Å². The maximum atomic E-state index is 6.33. The molecule has 1 unspecified atom stereocenters. The van der Waals surface area contributed by atoms with Crippen molar-refractivity contribution >= 4 is 28.3 Å². The number of methoxy groups -OCH3 is 1. The van der Waals surface area contributed by atoms with E-state index in [1.165, 1.54) is 17.1 Å². The van der Waals surface area contributed by atoms with Crippen LogP contribution < -0.4 is 4.90 Å². The minimum atomic E-state index is 0.323. The van der Waals surface area contributed by atoms with Crippen molar-refractivity contribution in [3.63, 3.8) is 0 Å². The third-order valence-electron chi connectivity index (χ3n) is 4.22. The minimum Gasteiger partial charge on any atom is -0.377 e. The Hall–Kier alpha value is -1.21. The second kappa shape index (κ2) is 7.57. The molecular formula is C16H21ClN4OS. The van der Waals surface area contributed by atoms with Crippen LogP contribution in [0.15, 0.2) is 24.3 Å². The topological polar surface area (TPSA) is 41.5 Å². The van der Waals surface area contributed by atoms with Gasteiger partial charge in [0.05, 0.1) is 0 Å². The number of aromatic nitrogens is 2. The Bertz CT molecular complexity index is 643. The molecule has 1 aromatic carbocycles. The third kappa shape index (κ3) is 3.83. The number of ether oxygens (including phenoxy) is 1. The normalized spacial score (nSPS) is 17.4. The van der Waals surface area contributed by atoms with E-state index in [0.29, 0.717) is 12.6 Å². The zero-order chi connectivity index (χ0) is 16.2. The molecule has 1 aromatic heterocycles. The Morgan fingerprint density at radius 1 is 1.26 bits per heavy atom. The summed E-state index contributed by atoms with van der Waals surface area (Å²) in [5.74, 6) is 0.763. The predicted molar refractivity (Wildman–Crippen MR) is 94.3 cm³/mol. The first kappa shape index (κ1) is 16.6. The molecule has 1 aliphatic rings. The fourth-order valence-corrected chi connectivity index (χ4v) is 3.89. The maximum Gasteiger partial charge on any atom is 0.205 e. The smallest absolute Gasteiger partial charge is 0.205 e. The van der Waals surface area contributed by atoms with Crippen LogP contribution in [0.5, 0.6) is 0 Å². The SMILES string of the molecule is COCc1nsc(N2CCN(C(C)c3ccccc3Cl)CC2)n1. The average Bonchev–Trinajstić information content (AvgIpc) is 3.04. The summed E-state index contributed by atoms with van der Waals surface area (Å²) in [6.45, 7) is 6.59. The van der Waals surface area contributed by atoms with E-state index >= 15 is 0 Å². The van der Waals surface area contributed by atoms with Gasteiger partial charge in [0.25, 0.3) is 0 Å². The highest BCUT2D eigenvalue weighted by Gasteiger charge is 2.24. The van der Waals surface area contributed by atoms with E-state index in [0.717, 1.165) is 42.2 Å². The van der Waals surface area contributed by atoms with E-state index in [-0.39, 0.29) is 0 Å². The zero-order valence-electron chi connectivity index (χ0n) is 13.4. The van der Waals surface area contributed by atoms with Crippen LogP contribution >= 0.6 is 23.1 Å². The Morgan fingerprint density at radius 2 is 2.00 bits per heavy atom. The number of nitrogens with zero attached hydrogens (tertiary/aromatic N) is 4. The molecule has 0 spiro atoms. The van der Waals surface area contributed by atoms with Crippen LogP contribution in [-0.2, 0) is 11.3 Å². The molecule has 0 saturated carbocycles. The molecule has 1 saturated heterocycles. The molecule has 1 aliphatic heterocycles. The molecule has 0 N–H and O–H groups in total. The lowest BCUT2D eigenvalue weighted by Gasteiger charge is -2.38. The van der Waals surface area contributed by atoms with Crippen LogP contribution in [0.1, 0.15) is 24.4 Å². The van der Waals surface area contributed by atoms with Crippen molar-refractivity contribution in [1.82, 2.24) is 14.3 Å². The van der Waals surface area contributed by atoms with Crippen molar-refractivity contribution in [3.8, 4) is 0 Å². The van der Waals surface area contributed by atoms with E-state index in [4.69, 9.17) is 16.3 Å². The molecule has 2 aromatic rings. The molecule has 3 rings (SSSR count). The van der Waals surface area contributed by atoms with Crippen molar-refractivity contribution < 1.29 is 4.74 Å². The van der Waals surface area contributed by atoms with Crippen molar-refractivity contribution in [3.05, 3.63) is 40.7 Å². The van der Waals surface area contributed by atoms with Gasteiger partial charge in [0, 0.05) is 55.9 Å². The number of piperazine rings is 1. The van der Waals surface area contributed by atoms with Crippen LogP contribution in [0.3, 0.4) is 0 Å². The maximum absolute atomic E-state index is 6.33. The Labute approximate surface area is 146 Å². The highest BCUT2D eigenvalue weighted by atomic mass is 35.5.